The van der Waals surface area contributed by atoms with E-state index in [0.29, 0.717) is 17.3 Å². The normalized spacial score (nSPS) is 10.5. The second-order valence-electron chi connectivity index (χ2n) is 3.67. The molecule has 0 aliphatic rings. The Morgan fingerprint density at radius 1 is 1.53 bits per heavy atom. The van der Waals surface area contributed by atoms with Crippen molar-refractivity contribution in [3.8, 4) is 0 Å². The van der Waals surface area contributed by atoms with Crippen LogP contribution in [0.4, 0.5) is 11.5 Å². The van der Waals surface area contributed by atoms with Crippen molar-refractivity contribution in [1.82, 2.24) is 4.98 Å². The van der Waals surface area contributed by atoms with Gasteiger partial charge in [0.2, 0.25) is 0 Å². The summed E-state index contributed by atoms with van der Waals surface area (Å²) in [4.78, 5) is 6.29. The summed E-state index contributed by atoms with van der Waals surface area (Å²) in [6.45, 7) is 3.47. The Morgan fingerprint density at radius 3 is 2.94 bits per heavy atom. The van der Waals surface area contributed by atoms with Crippen LogP contribution in [0.25, 0.3) is 0 Å². The second-order valence-corrected chi connectivity index (χ2v) is 4.07. The summed E-state index contributed by atoms with van der Waals surface area (Å²) in [6.07, 6.45) is 3.26. The third kappa shape index (κ3) is 2.71. The minimum Gasteiger partial charge on any atom is -0.467 e. The van der Waals surface area contributed by atoms with E-state index >= 15 is 0 Å². The number of rotatable bonds is 4. The number of hydrogen-bond donors (Lipinski definition) is 1. The van der Waals surface area contributed by atoms with Gasteiger partial charge in [-0.3, -0.25) is 0 Å². The van der Waals surface area contributed by atoms with Crippen LogP contribution in [0.5, 0.6) is 0 Å². The predicted molar refractivity (Wildman–Crippen MR) is 69.1 cm³/mol. The molecule has 0 bridgehead atoms. The van der Waals surface area contributed by atoms with Crippen molar-refractivity contribution in [3.63, 3.8) is 0 Å². The first-order chi connectivity index (χ1) is 8.20. The summed E-state index contributed by atoms with van der Waals surface area (Å²) in [5.41, 5.74) is 6.18. The van der Waals surface area contributed by atoms with E-state index in [0.717, 1.165) is 18.1 Å². The third-order valence-corrected chi connectivity index (χ3v) is 2.73. The Morgan fingerprint density at radius 2 is 2.35 bits per heavy atom. The maximum absolute atomic E-state index is 6.13. The van der Waals surface area contributed by atoms with Gasteiger partial charge in [-0.05, 0) is 25.1 Å². The number of aromatic nitrogens is 1. The summed E-state index contributed by atoms with van der Waals surface area (Å²) >= 11 is 6.13. The van der Waals surface area contributed by atoms with Gasteiger partial charge in [0.25, 0.3) is 0 Å². The zero-order valence-electron chi connectivity index (χ0n) is 9.56. The summed E-state index contributed by atoms with van der Waals surface area (Å²) in [5, 5.41) is 0.554. The topological polar surface area (TPSA) is 55.3 Å². The Bertz CT molecular complexity index is 485. The standard InChI is InChI=1S/C12H14ClN3O/c1-2-16(8-10-4-3-5-17-10)12-11(13)6-9(14)7-15-12/h3-7H,2,8,14H2,1H3. The smallest absolute Gasteiger partial charge is 0.147 e. The van der Waals surface area contributed by atoms with Crippen LogP contribution in [0.3, 0.4) is 0 Å². The largest absolute Gasteiger partial charge is 0.467 e. The first-order valence-corrected chi connectivity index (χ1v) is 5.77. The number of hydrogen-bond acceptors (Lipinski definition) is 4. The minimum absolute atomic E-state index is 0.554. The molecule has 0 unspecified atom stereocenters. The lowest BCUT2D eigenvalue weighted by Crippen LogP contribution is -2.23. The molecule has 0 atom stereocenters. The third-order valence-electron chi connectivity index (χ3n) is 2.45. The molecule has 2 N–H and O–H groups in total. The van der Waals surface area contributed by atoms with E-state index in [1.807, 2.05) is 24.0 Å². The fraction of sp³-hybridized carbons (Fsp3) is 0.250. The summed E-state index contributed by atoms with van der Waals surface area (Å²) in [6, 6.07) is 5.49. The minimum atomic E-state index is 0.554. The highest BCUT2D eigenvalue weighted by Crippen LogP contribution is 2.26. The van der Waals surface area contributed by atoms with Gasteiger partial charge in [0, 0.05) is 6.54 Å². The lowest BCUT2D eigenvalue weighted by atomic mass is 10.3. The van der Waals surface area contributed by atoms with Crippen LogP contribution in [0.1, 0.15) is 12.7 Å². The van der Waals surface area contributed by atoms with Gasteiger partial charge in [-0.1, -0.05) is 11.6 Å². The highest BCUT2D eigenvalue weighted by molar-refractivity contribution is 6.33. The monoisotopic (exact) mass is 251 g/mol. The van der Waals surface area contributed by atoms with Gasteiger partial charge in [-0.25, -0.2) is 4.98 Å². The van der Waals surface area contributed by atoms with Crippen molar-refractivity contribution in [2.45, 2.75) is 13.5 Å². The van der Waals surface area contributed by atoms with E-state index in [2.05, 4.69) is 4.98 Å². The first kappa shape index (κ1) is 11.8. The van der Waals surface area contributed by atoms with Gasteiger partial charge >= 0.3 is 0 Å². The number of furan rings is 1. The van der Waals surface area contributed by atoms with Crippen LogP contribution in [0, 0.1) is 0 Å². The van der Waals surface area contributed by atoms with E-state index in [9.17, 15) is 0 Å². The molecular formula is C12H14ClN3O. The van der Waals surface area contributed by atoms with E-state index in [1.54, 1.807) is 18.5 Å². The molecule has 2 rings (SSSR count). The van der Waals surface area contributed by atoms with Gasteiger partial charge in [0.1, 0.15) is 11.6 Å². The molecule has 17 heavy (non-hydrogen) atoms. The van der Waals surface area contributed by atoms with Gasteiger partial charge in [0.05, 0.1) is 29.7 Å². The van der Waals surface area contributed by atoms with Crippen LogP contribution in [0.2, 0.25) is 5.02 Å². The van der Waals surface area contributed by atoms with Crippen LogP contribution in [0.15, 0.2) is 35.1 Å². The van der Waals surface area contributed by atoms with Gasteiger partial charge in [-0.15, -0.1) is 0 Å². The fourth-order valence-electron chi connectivity index (χ4n) is 1.61. The highest BCUT2D eigenvalue weighted by Gasteiger charge is 2.12. The van der Waals surface area contributed by atoms with E-state index < -0.39 is 0 Å². The Hall–Kier alpha value is -1.68. The molecule has 0 aliphatic heterocycles. The predicted octanol–water partition coefficient (Wildman–Crippen LogP) is 2.94. The maximum atomic E-state index is 6.13. The average molecular weight is 252 g/mol. The first-order valence-electron chi connectivity index (χ1n) is 5.39. The molecule has 4 nitrogen and oxygen atoms in total. The molecule has 90 valence electrons. The van der Waals surface area contributed by atoms with Crippen LogP contribution < -0.4 is 10.6 Å². The van der Waals surface area contributed by atoms with Gasteiger partial charge in [-0.2, -0.15) is 0 Å². The number of nitrogen functional groups attached to an aromatic ring is 1. The average Bonchev–Trinajstić information content (AvgIpc) is 2.79. The molecule has 2 aromatic heterocycles. The number of nitrogens with zero attached hydrogens (tertiary/aromatic N) is 2. The van der Waals surface area contributed by atoms with Crippen molar-refractivity contribution in [3.05, 3.63) is 41.4 Å². The molecular weight excluding hydrogens is 238 g/mol. The highest BCUT2D eigenvalue weighted by atomic mass is 35.5. The van der Waals surface area contributed by atoms with E-state index in [1.165, 1.54) is 0 Å². The summed E-state index contributed by atoms with van der Waals surface area (Å²) in [5.74, 6) is 1.60. The fourth-order valence-corrected chi connectivity index (χ4v) is 1.90. The van der Waals surface area contributed by atoms with E-state index in [4.69, 9.17) is 21.8 Å². The summed E-state index contributed by atoms with van der Waals surface area (Å²) in [7, 11) is 0. The zero-order chi connectivity index (χ0) is 12.3. The van der Waals surface area contributed by atoms with Crippen molar-refractivity contribution in [2.75, 3.05) is 17.2 Å². The Balaban J connectivity index is 2.23. The lowest BCUT2D eigenvalue weighted by Gasteiger charge is -2.21. The molecule has 2 heterocycles. The van der Waals surface area contributed by atoms with Crippen molar-refractivity contribution >= 4 is 23.1 Å². The van der Waals surface area contributed by atoms with Crippen LogP contribution in [-0.2, 0) is 6.54 Å². The molecule has 0 aliphatic carbocycles. The van der Waals surface area contributed by atoms with Gasteiger partial charge in [0.15, 0.2) is 0 Å². The molecule has 0 fully saturated rings. The zero-order valence-corrected chi connectivity index (χ0v) is 10.3. The molecule has 0 saturated carbocycles. The van der Waals surface area contributed by atoms with E-state index in [-0.39, 0.29) is 0 Å². The molecule has 0 aromatic carbocycles. The molecule has 2 aromatic rings. The van der Waals surface area contributed by atoms with Crippen molar-refractivity contribution < 1.29 is 4.42 Å². The molecule has 0 spiro atoms. The molecule has 0 saturated heterocycles. The quantitative estimate of drug-likeness (QED) is 0.908. The number of anilines is 2. The SMILES string of the molecule is CCN(Cc1ccco1)c1ncc(N)cc1Cl. The van der Waals surface area contributed by atoms with Crippen molar-refractivity contribution in [1.29, 1.82) is 0 Å². The number of nitrogens with two attached hydrogens (primary N) is 1. The number of pyridine rings is 1. The Kier molecular flexibility index (Phi) is 3.54. The Labute approximate surface area is 105 Å². The van der Waals surface area contributed by atoms with Crippen molar-refractivity contribution in [2.24, 2.45) is 0 Å². The molecule has 0 radical (unpaired) electrons. The van der Waals surface area contributed by atoms with Gasteiger partial charge < -0.3 is 15.1 Å². The number of halogens is 1. The second kappa shape index (κ2) is 5.10. The summed E-state index contributed by atoms with van der Waals surface area (Å²) < 4.78 is 5.31. The maximum Gasteiger partial charge on any atom is 0.147 e. The lowest BCUT2D eigenvalue weighted by molar-refractivity contribution is 0.503. The van der Waals surface area contributed by atoms with Crippen LogP contribution in [-0.4, -0.2) is 11.5 Å². The molecule has 5 heteroatoms. The molecule has 0 amide bonds. The van der Waals surface area contributed by atoms with Crippen LogP contribution >= 0.6 is 11.6 Å².